The number of carbonyl (C=O) groups is 2. The fourth-order valence-corrected chi connectivity index (χ4v) is 3.84. The molecule has 3 aromatic rings. The Labute approximate surface area is 173 Å². The molecule has 1 aliphatic carbocycles. The zero-order valence-electron chi connectivity index (χ0n) is 15.7. The van der Waals surface area contributed by atoms with E-state index in [0.717, 1.165) is 17.4 Å². The minimum atomic E-state index is -1.22. The van der Waals surface area contributed by atoms with Crippen molar-refractivity contribution in [2.24, 2.45) is 0 Å². The Morgan fingerprint density at radius 3 is 2.31 bits per heavy atom. The van der Waals surface area contributed by atoms with Gasteiger partial charge in [-0.15, -0.1) is 0 Å². The van der Waals surface area contributed by atoms with Gasteiger partial charge in [-0.3, -0.25) is 4.79 Å². The van der Waals surface area contributed by atoms with E-state index in [0.29, 0.717) is 29.0 Å². The number of hydrogen-bond donors (Lipinski definition) is 2. The van der Waals surface area contributed by atoms with Crippen molar-refractivity contribution >= 4 is 34.2 Å². The maximum atomic E-state index is 13.1. The highest BCUT2D eigenvalue weighted by atomic mass is 35.5. The number of fused-ring (bicyclic) bond motifs is 1. The molecule has 0 heterocycles. The van der Waals surface area contributed by atoms with E-state index >= 15 is 0 Å². The van der Waals surface area contributed by atoms with Crippen LogP contribution in [0.5, 0.6) is 5.75 Å². The van der Waals surface area contributed by atoms with Crippen LogP contribution in [0.4, 0.5) is 0 Å². The lowest BCUT2D eigenvalue weighted by molar-refractivity contribution is -0.148. The fraction of sp³-hybridized carbons (Fsp3) is 0.217. The molecule has 0 aliphatic heterocycles. The lowest BCUT2D eigenvalue weighted by Gasteiger charge is -2.38. The number of carbonyl (C=O) groups excluding carboxylic acids is 1. The molecule has 0 bridgehead atoms. The van der Waals surface area contributed by atoms with E-state index in [1.807, 2.05) is 54.6 Å². The summed E-state index contributed by atoms with van der Waals surface area (Å²) in [5.74, 6) is -1.12. The van der Waals surface area contributed by atoms with Gasteiger partial charge in [-0.05, 0) is 30.9 Å². The molecule has 0 spiro atoms. The van der Waals surface area contributed by atoms with E-state index in [9.17, 15) is 14.7 Å². The van der Waals surface area contributed by atoms with Crippen LogP contribution in [0.1, 0.15) is 35.2 Å². The number of carboxylic acids is 1. The molecular formula is C23H20ClNO4. The highest BCUT2D eigenvalue weighted by Gasteiger charge is 2.46. The number of hydrogen-bond acceptors (Lipinski definition) is 3. The Kier molecular flexibility index (Phi) is 5.16. The molecule has 1 saturated carbocycles. The summed E-state index contributed by atoms with van der Waals surface area (Å²) < 4.78 is 6.07. The lowest BCUT2D eigenvalue weighted by atomic mass is 9.76. The molecule has 5 nitrogen and oxygen atoms in total. The summed E-state index contributed by atoms with van der Waals surface area (Å²) in [7, 11) is 0. The molecule has 1 aliphatic rings. The molecule has 0 atom stereocenters. The maximum Gasteiger partial charge on any atom is 0.329 e. The fourth-order valence-electron chi connectivity index (χ4n) is 3.57. The van der Waals surface area contributed by atoms with Crippen LogP contribution in [0.15, 0.2) is 60.7 Å². The molecule has 1 amide bonds. The smallest absolute Gasteiger partial charge is 0.329 e. The standard InChI is InChI=1S/C23H20ClNO4/c24-19-13-18(21(26)25-23(22(27)28)11-6-12-23)20(17-10-5-4-9-16(17)19)29-14-15-7-2-1-3-8-15/h1-5,7-10,13H,6,11-12,14H2,(H,25,26)(H,27,28). The Morgan fingerprint density at radius 2 is 1.69 bits per heavy atom. The van der Waals surface area contributed by atoms with Crippen molar-refractivity contribution in [2.45, 2.75) is 31.4 Å². The van der Waals surface area contributed by atoms with Gasteiger partial charge in [0.1, 0.15) is 17.9 Å². The monoisotopic (exact) mass is 409 g/mol. The molecule has 0 unspecified atom stereocenters. The number of halogens is 1. The second kappa shape index (κ2) is 7.76. The highest BCUT2D eigenvalue weighted by Crippen LogP contribution is 2.37. The molecule has 1 fully saturated rings. The third kappa shape index (κ3) is 3.66. The Balaban J connectivity index is 1.73. The molecule has 29 heavy (non-hydrogen) atoms. The summed E-state index contributed by atoms with van der Waals surface area (Å²) in [4.78, 5) is 24.7. The van der Waals surface area contributed by atoms with E-state index in [2.05, 4.69) is 5.32 Å². The summed E-state index contributed by atoms with van der Waals surface area (Å²) in [6.07, 6.45) is 1.59. The van der Waals surface area contributed by atoms with Crippen molar-refractivity contribution in [1.29, 1.82) is 0 Å². The summed E-state index contributed by atoms with van der Waals surface area (Å²) in [6, 6.07) is 18.6. The zero-order chi connectivity index (χ0) is 20.4. The van der Waals surface area contributed by atoms with E-state index in [-0.39, 0.29) is 12.2 Å². The summed E-state index contributed by atoms with van der Waals surface area (Å²) in [6.45, 7) is 0.275. The second-order valence-corrected chi connectivity index (χ2v) is 7.66. The minimum absolute atomic E-state index is 0.233. The number of aliphatic carboxylic acids is 1. The van der Waals surface area contributed by atoms with Gasteiger partial charge in [0, 0.05) is 15.8 Å². The first kappa shape index (κ1) is 19.3. The minimum Gasteiger partial charge on any atom is -0.487 e. The summed E-state index contributed by atoms with van der Waals surface area (Å²) in [5, 5.41) is 14.1. The maximum absolute atomic E-state index is 13.1. The average molecular weight is 410 g/mol. The van der Waals surface area contributed by atoms with Crippen LogP contribution in [0.25, 0.3) is 10.8 Å². The van der Waals surface area contributed by atoms with Crippen LogP contribution < -0.4 is 10.1 Å². The van der Waals surface area contributed by atoms with Gasteiger partial charge in [-0.25, -0.2) is 4.79 Å². The molecule has 6 heteroatoms. The third-order valence-electron chi connectivity index (χ3n) is 5.38. The van der Waals surface area contributed by atoms with Gasteiger partial charge in [0.2, 0.25) is 0 Å². The molecule has 0 radical (unpaired) electrons. The van der Waals surface area contributed by atoms with Crippen LogP contribution in [0, 0.1) is 0 Å². The SMILES string of the molecule is O=C(NC1(C(=O)O)CCC1)c1cc(Cl)c2ccccc2c1OCc1ccccc1. The van der Waals surface area contributed by atoms with E-state index in [4.69, 9.17) is 16.3 Å². The first-order chi connectivity index (χ1) is 14.0. The van der Waals surface area contributed by atoms with Crippen molar-refractivity contribution in [3.05, 3.63) is 76.8 Å². The summed E-state index contributed by atoms with van der Waals surface area (Å²) >= 11 is 6.43. The first-order valence-corrected chi connectivity index (χ1v) is 9.82. The number of carboxylic acid groups (broad SMARTS) is 1. The van der Waals surface area contributed by atoms with Crippen LogP contribution in [0.3, 0.4) is 0 Å². The molecule has 148 valence electrons. The van der Waals surface area contributed by atoms with E-state index in [1.165, 1.54) is 0 Å². The molecule has 3 aromatic carbocycles. The van der Waals surface area contributed by atoms with Crippen LogP contribution in [0.2, 0.25) is 5.02 Å². The number of ether oxygens (including phenoxy) is 1. The van der Waals surface area contributed by atoms with Gasteiger partial charge in [-0.2, -0.15) is 0 Å². The molecular weight excluding hydrogens is 390 g/mol. The number of rotatable bonds is 6. The topological polar surface area (TPSA) is 75.6 Å². The highest BCUT2D eigenvalue weighted by molar-refractivity contribution is 6.36. The Morgan fingerprint density at radius 1 is 1.03 bits per heavy atom. The van der Waals surface area contributed by atoms with Gasteiger partial charge in [0.15, 0.2) is 0 Å². The van der Waals surface area contributed by atoms with E-state index < -0.39 is 17.4 Å². The number of amides is 1. The third-order valence-corrected chi connectivity index (χ3v) is 5.70. The predicted octanol–water partition coefficient (Wildman–Crippen LogP) is 4.81. The second-order valence-electron chi connectivity index (χ2n) is 7.25. The van der Waals surface area contributed by atoms with Crippen molar-refractivity contribution in [3.63, 3.8) is 0 Å². The van der Waals surface area contributed by atoms with Gasteiger partial charge < -0.3 is 15.2 Å². The molecule has 0 saturated heterocycles. The average Bonchev–Trinajstić information content (AvgIpc) is 2.70. The molecule has 4 rings (SSSR count). The lowest BCUT2D eigenvalue weighted by Crippen LogP contribution is -2.59. The van der Waals surface area contributed by atoms with Crippen LogP contribution >= 0.6 is 11.6 Å². The summed E-state index contributed by atoms with van der Waals surface area (Å²) in [5.41, 5.74) is -0.0256. The van der Waals surface area contributed by atoms with Crippen molar-refractivity contribution in [3.8, 4) is 5.75 Å². The van der Waals surface area contributed by atoms with Crippen LogP contribution in [-0.2, 0) is 11.4 Å². The van der Waals surface area contributed by atoms with Crippen LogP contribution in [-0.4, -0.2) is 22.5 Å². The Hall–Kier alpha value is -3.05. The largest absolute Gasteiger partial charge is 0.487 e. The number of benzene rings is 3. The van der Waals surface area contributed by atoms with Crippen molar-refractivity contribution in [2.75, 3.05) is 0 Å². The van der Waals surface area contributed by atoms with Gasteiger partial charge in [0.25, 0.3) is 5.91 Å². The number of nitrogens with one attached hydrogen (secondary N) is 1. The van der Waals surface area contributed by atoms with Crippen molar-refractivity contribution < 1.29 is 19.4 Å². The molecule has 2 N–H and O–H groups in total. The van der Waals surface area contributed by atoms with Crippen molar-refractivity contribution in [1.82, 2.24) is 5.32 Å². The van der Waals surface area contributed by atoms with E-state index in [1.54, 1.807) is 6.07 Å². The predicted molar refractivity (Wildman–Crippen MR) is 111 cm³/mol. The molecule has 0 aromatic heterocycles. The van der Waals surface area contributed by atoms with Gasteiger partial charge in [-0.1, -0.05) is 66.2 Å². The van der Waals surface area contributed by atoms with Gasteiger partial charge in [0.05, 0.1) is 5.56 Å². The van der Waals surface area contributed by atoms with Gasteiger partial charge >= 0.3 is 5.97 Å². The quantitative estimate of drug-likeness (QED) is 0.612. The first-order valence-electron chi connectivity index (χ1n) is 9.44. The Bertz CT molecular complexity index is 1080. The normalized spacial score (nSPS) is 14.8. The zero-order valence-corrected chi connectivity index (χ0v) is 16.4.